The molecule has 1 heterocycles. The van der Waals surface area contributed by atoms with Crippen LogP contribution in [-0.4, -0.2) is 42.8 Å². The minimum atomic E-state index is -0.0543. The minimum absolute atomic E-state index is 0.0543. The van der Waals surface area contributed by atoms with E-state index in [0.29, 0.717) is 18.7 Å². The number of nitrogens with zero attached hydrogens (tertiary/aromatic N) is 2. The van der Waals surface area contributed by atoms with Crippen molar-refractivity contribution in [3.05, 3.63) is 84.2 Å². The van der Waals surface area contributed by atoms with E-state index in [9.17, 15) is 4.79 Å². The van der Waals surface area contributed by atoms with Gasteiger partial charge in [0, 0.05) is 25.1 Å². The molecule has 0 atom stereocenters. The third-order valence-corrected chi connectivity index (χ3v) is 6.30. The number of fused-ring (bicyclic) bond motifs is 1. The Morgan fingerprint density at radius 2 is 1.49 bits per heavy atom. The number of ether oxygens (including phenoxy) is 3. The lowest BCUT2D eigenvalue weighted by atomic mass is 10.1. The molecule has 0 saturated carbocycles. The quantitative estimate of drug-likeness (QED) is 0.226. The molecule has 0 aliphatic carbocycles. The van der Waals surface area contributed by atoms with Gasteiger partial charge >= 0.3 is 0 Å². The van der Waals surface area contributed by atoms with E-state index >= 15 is 0 Å². The molecular formula is C30H35N3O4. The summed E-state index contributed by atoms with van der Waals surface area (Å²) >= 11 is 0. The molecule has 0 unspecified atom stereocenters. The van der Waals surface area contributed by atoms with Crippen LogP contribution >= 0.6 is 0 Å². The lowest BCUT2D eigenvalue weighted by Gasteiger charge is -2.11. The normalized spacial score (nSPS) is 10.9. The second-order valence-electron chi connectivity index (χ2n) is 8.84. The topological polar surface area (TPSA) is 74.6 Å². The molecule has 7 nitrogen and oxygen atoms in total. The summed E-state index contributed by atoms with van der Waals surface area (Å²) in [6, 6.07) is 23.1. The second kappa shape index (κ2) is 13.3. The van der Waals surface area contributed by atoms with Gasteiger partial charge in [0.1, 0.15) is 23.1 Å². The van der Waals surface area contributed by atoms with Gasteiger partial charge in [-0.05, 0) is 79.9 Å². The number of hydrogen-bond acceptors (Lipinski definition) is 5. The van der Waals surface area contributed by atoms with Crippen molar-refractivity contribution in [3.63, 3.8) is 0 Å². The maximum absolute atomic E-state index is 12.3. The van der Waals surface area contributed by atoms with E-state index < -0.39 is 0 Å². The number of imidazole rings is 1. The third kappa shape index (κ3) is 7.26. The van der Waals surface area contributed by atoms with Gasteiger partial charge in [-0.3, -0.25) is 4.79 Å². The summed E-state index contributed by atoms with van der Waals surface area (Å²) in [5, 5.41) is 3.00. The van der Waals surface area contributed by atoms with Gasteiger partial charge in [-0.1, -0.05) is 18.6 Å². The van der Waals surface area contributed by atoms with Gasteiger partial charge < -0.3 is 24.1 Å². The van der Waals surface area contributed by atoms with E-state index in [-0.39, 0.29) is 5.91 Å². The molecule has 0 radical (unpaired) electrons. The lowest BCUT2D eigenvalue weighted by molar-refractivity contribution is 0.0953. The average Bonchev–Trinajstić information content (AvgIpc) is 3.30. The number of benzene rings is 3. The van der Waals surface area contributed by atoms with Crippen LogP contribution in [-0.2, 0) is 13.0 Å². The fraction of sp³-hybridized carbons (Fsp3) is 0.333. The Kier molecular flexibility index (Phi) is 9.41. The summed E-state index contributed by atoms with van der Waals surface area (Å²) in [5.74, 6) is 3.46. The van der Waals surface area contributed by atoms with Crippen molar-refractivity contribution in [1.29, 1.82) is 0 Å². The average molecular weight is 502 g/mol. The van der Waals surface area contributed by atoms with Gasteiger partial charge in [0.05, 0.1) is 31.9 Å². The predicted molar refractivity (Wildman–Crippen MR) is 146 cm³/mol. The zero-order valence-corrected chi connectivity index (χ0v) is 21.6. The number of amides is 1. The van der Waals surface area contributed by atoms with E-state index in [1.165, 1.54) is 0 Å². The number of carbonyl (C=O) groups is 1. The van der Waals surface area contributed by atoms with Gasteiger partial charge in [0.2, 0.25) is 0 Å². The molecular weight excluding hydrogens is 466 g/mol. The highest BCUT2D eigenvalue weighted by Gasteiger charge is 2.10. The highest BCUT2D eigenvalue weighted by Crippen LogP contribution is 2.20. The van der Waals surface area contributed by atoms with E-state index in [2.05, 4.69) is 28.1 Å². The van der Waals surface area contributed by atoms with Crippen molar-refractivity contribution in [3.8, 4) is 17.2 Å². The molecule has 0 aliphatic heterocycles. The highest BCUT2D eigenvalue weighted by molar-refractivity contribution is 5.94. The highest BCUT2D eigenvalue weighted by atomic mass is 16.5. The van der Waals surface area contributed by atoms with Crippen LogP contribution in [0.4, 0.5) is 0 Å². The minimum Gasteiger partial charge on any atom is -0.497 e. The van der Waals surface area contributed by atoms with Gasteiger partial charge in [0.15, 0.2) is 0 Å². The first-order valence-corrected chi connectivity index (χ1v) is 12.8. The first-order chi connectivity index (χ1) is 18.2. The van der Waals surface area contributed by atoms with E-state index in [1.807, 2.05) is 30.3 Å². The first-order valence-electron chi connectivity index (χ1n) is 12.8. The molecule has 0 spiro atoms. The Balaban J connectivity index is 1.22. The molecule has 194 valence electrons. The number of para-hydroxylation sites is 2. The van der Waals surface area contributed by atoms with Gasteiger partial charge in [-0.15, -0.1) is 0 Å². The smallest absolute Gasteiger partial charge is 0.251 e. The lowest BCUT2D eigenvalue weighted by Crippen LogP contribution is -2.24. The van der Waals surface area contributed by atoms with Crippen LogP contribution in [0.15, 0.2) is 72.8 Å². The molecule has 37 heavy (non-hydrogen) atoms. The number of aromatic nitrogens is 2. The fourth-order valence-electron chi connectivity index (χ4n) is 4.28. The Morgan fingerprint density at radius 1 is 0.811 bits per heavy atom. The SMILES string of the molecule is COc1ccc(OCCCn2c(CCCCCNC(=O)c3ccc(OC)cc3)nc3ccccc32)cc1. The van der Waals surface area contributed by atoms with Gasteiger partial charge in [-0.25, -0.2) is 4.98 Å². The molecule has 1 aromatic heterocycles. The van der Waals surface area contributed by atoms with Crippen molar-refractivity contribution in [2.75, 3.05) is 27.4 Å². The van der Waals surface area contributed by atoms with Crippen LogP contribution in [0.5, 0.6) is 17.2 Å². The molecule has 7 heteroatoms. The van der Waals surface area contributed by atoms with E-state index in [0.717, 1.165) is 72.8 Å². The van der Waals surface area contributed by atoms with Crippen LogP contribution in [0.2, 0.25) is 0 Å². The number of nitrogens with one attached hydrogen (secondary N) is 1. The standard InChI is InChI=1S/C30H35N3O4/c1-35-24-14-12-23(13-15-24)30(34)31-20-7-3-4-11-29-32-27-9-5-6-10-28(27)33(29)21-8-22-37-26-18-16-25(36-2)17-19-26/h5-6,9-10,12-19H,3-4,7-8,11,20-22H2,1-2H3,(H,31,34). The molecule has 0 aliphatic rings. The molecule has 4 rings (SSSR count). The Bertz CT molecular complexity index is 1270. The van der Waals surface area contributed by atoms with Crippen molar-refractivity contribution in [1.82, 2.24) is 14.9 Å². The zero-order chi connectivity index (χ0) is 25.9. The zero-order valence-electron chi connectivity index (χ0n) is 21.6. The van der Waals surface area contributed by atoms with Crippen LogP contribution in [0, 0.1) is 0 Å². The number of rotatable bonds is 14. The Morgan fingerprint density at radius 3 is 2.22 bits per heavy atom. The monoisotopic (exact) mass is 501 g/mol. The fourth-order valence-corrected chi connectivity index (χ4v) is 4.28. The maximum atomic E-state index is 12.3. The third-order valence-electron chi connectivity index (χ3n) is 6.30. The summed E-state index contributed by atoms with van der Waals surface area (Å²) in [7, 11) is 3.27. The number of hydrogen-bond donors (Lipinski definition) is 1. The van der Waals surface area contributed by atoms with E-state index in [4.69, 9.17) is 19.2 Å². The number of unbranched alkanes of at least 4 members (excludes halogenated alkanes) is 2. The second-order valence-corrected chi connectivity index (χ2v) is 8.84. The Hall–Kier alpha value is -4.00. The predicted octanol–water partition coefficient (Wildman–Crippen LogP) is 5.67. The van der Waals surface area contributed by atoms with Gasteiger partial charge in [-0.2, -0.15) is 0 Å². The van der Waals surface area contributed by atoms with Crippen LogP contribution < -0.4 is 19.5 Å². The van der Waals surface area contributed by atoms with Crippen molar-refractivity contribution in [2.24, 2.45) is 0 Å². The molecule has 0 bridgehead atoms. The van der Waals surface area contributed by atoms with E-state index in [1.54, 1.807) is 38.5 Å². The summed E-state index contributed by atoms with van der Waals surface area (Å²) in [5.41, 5.74) is 2.83. The molecule has 3 aromatic carbocycles. The molecule has 4 aromatic rings. The summed E-state index contributed by atoms with van der Waals surface area (Å²) < 4.78 is 18.6. The number of carbonyl (C=O) groups excluding carboxylic acids is 1. The largest absolute Gasteiger partial charge is 0.497 e. The number of methoxy groups -OCH3 is 2. The molecule has 0 saturated heterocycles. The number of aryl methyl sites for hydroxylation is 2. The molecule has 1 N–H and O–H groups in total. The van der Waals surface area contributed by atoms with Crippen LogP contribution in [0.3, 0.4) is 0 Å². The van der Waals surface area contributed by atoms with Crippen LogP contribution in [0.25, 0.3) is 11.0 Å². The summed E-state index contributed by atoms with van der Waals surface area (Å²) in [6.45, 7) is 2.14. The Labute approximate surface area is 218 Å². The van der Waals surface area contributed by atoms with Gasteiger partial charge in [0.25, 0.3) is 5.91 Å². The van der Waals surface area contributed by atoms with Crippen LogP contribution in [0.1, 0.15) is 41.9 Å². The maximum Gasteiger partial charge on any atom is 0.251 e. The molecule has 0 fully saturated rings. The molecule has 1 amide bonds. The van der Waals surface area contributed by atoms with Crippen molar-refractivity contribution < 1.29 is 19.0 Å². The van der Waals surface area contributed by atoms with Crippen molar-refractivity contribution >= 4 is 16.9 Å². The van der Waals surface area contributed by atoms with Crippen molar-refractivity contribution in [2.45, 2.75) is 38.6 Å². The first kappa shape index (κ1) is 26.1. The summed E-state index contributed by atoms with van der Waals surface area (Å²) in [4.78, 5) is 17.2. The summed E-state index contributed by atoms with van der Waals surface area (Å²) in [6.07, 6.45) is 4.76.